The Kier molecular flexibility index (Phi) is 6.44. The Balaban J connectivity index is 1.63. The number of amides is 2. The quantitative estimate of drug-likeness (QED) is 0.416. The van der Waals surface area contributed by atoms with Gasteiger partial charge in [-0.15, -0.1) is 11.3 Å². The Morgan fingerprint density at radius 2 is 1.91 bits per heavy atom. The summed E-state index contributed by atoms with van der Waals surface area (Å²) in [5, 5.41) is 11.0. The number of rotatable bonds is 6. The number of fused-ring (bicyclic) bond motifs is 1. The topological polar surface area (TPSA) is 76.0 Å². The second-order valence-electron chi connectivity index (χ2n) is 7.36. The molecule has 0 aliphatic rings. The summed E-state index contributed by atoms with van der Waals surface area (Å²) < 4.78 is 28.8. The van der Waals surface area contributed by atoms with E-state index >= 15 is 0 Å². The van der Waals surface area contributed by atoms with Crippen molar-refractivity contribution >= 4 is 45.0 Å². The lowest BCUT2D eigenvalue weighted by Gasteiger charge is -2.17. The Labute approximate surface area is 197 Å². The highest BCUT2D eigenvalue weighted by Crippen LogP contribution is 2.30. The van der Waals surface area contributed by atoms with Crippen molar-refractivity contribution in [1.82, 2.24) is 20.4 Å². The van der Waals surface area contributed by atoms with Gasteiger partial charge in [0.1, 0.15) is 10.9 Å². The number of hydrogen-bond donors (Lipinski definition) is 2. The fourth-order valence-corrected chi connectivity index (χ4v) is 4.72. The Morgan fingerprint density at radius 1 is 1.15 bits per heavy atom. The highest BCUT2D eigenvalue weighted by Gasteiger charge is 2.25. The summed E-state index contributed by atoms with van der Waals surface area (Å²) in [5.74, 6) is -3.22. The van der Waals surface area contributed by atoms with Gasteiger partial charge in [-0.2, -0.15) is 5.10 Å². The largest absolute Gasteiger partial charge is 0.357 e. The van der Waals surface area contributed by atoms with E-state index in [1.165, 1.54) is 24.5 Å². The van der Waals surface area contributed by atoms with E-state index in [1.54, 1.807) is 16.8 Å². The molecule has 0 bridgehead atoms. The number of benzene rings is 2. The molecule has 10 heteroatoms. The molecule has 4 rings (SSSR count). The molecule has 2 aromatic heterocycles. The lowest BCUT2D eigenvalue weighted by Crippen LogP contribution is -2.38. The molecule has 2 heterocycles. The molecule has 0 aliphatic carbocycles. The van der Waals surface area contributed by atoms with E-state index in [9.17, 15) is 18.4 Å². The van der Waals surface area contributed by atoms with Gasteiger partial charge in [0.25, 0.3) is 5.91 Å². The first-order valence-corrected chi connectivity index (χ1v) is 11.2. The van der Waals surface area contributed by atoms with Crippen LogP contribution in [0.5, 0.6) is 0 Å². The van der Waals surface area contributed by atoms with Crippen molar-refractivity contribution in [2.45, 2.75) is 19.5 Å². The minimum Gasteiger partial charge on any atom is -0.357 e. The van der Waals surface area contributed by atoms with Crippen LogP contribution >= 0.6 is 22.9 Å². The van der Waals surface area contributed by atoms with Gasteiger partial charge in [0, 0.05) is 17.5 Å². The summed E-state index contributed by atoms with van der Waals surface area (Å²) >= 11 is 7.50. The number of carbonyl (C=O) groups excluding carboxylic acids is 2. The zero-order valence-electron chi connectivity index (χ0n) is 17.7. The maximum Gasteiger partial charge on any atom is 0.262 e. The first kappa shape index (κ1) is 22.9. The van der Waals surface area contributed by atoms with Crippen molar-refractivity contribution in [2.75, 3.05) is 7.05 Å². The number of likely N-dealkylation sites (N-methyl/N-ethyl adjacent to an activating group) is 1. The van der Waals surface area contributed by atoms with Gasteiger partial charge in [-0.25, -0.2) is 8.78 Å². The summed E-state index contributed by atoms with van der Waals surface area (Å²) in [6.45, 7) is 2.27. The van der Waals surface area contributed by atoms with Gasteiger partial charge in [-0.1, -0.05) is 35.9 Å². The summed E-state index contributed by atoms with van der Waals surface area (Å²) in [6.07, 6.45) is 0. The molecule has 2 aromatic carbocycles. The van der Waals surface area contributed by atoms with Crippen molar-refractivity contribution in [3.8, 4) is 0 Å². The average molecular weight is 489 g/mol. The van der Waals surface area contributed by atoms with Gasteiger partial charge >= 0.3 is 0 Å². The molecule has 33 heavy (non-hydrogen) atoms. The van der Waals surface area contributed by atoms with Crippen LogP contribution in [-0.2, 0) is 11.3 Å². The lowest BCUT2D eigenvalue weighted by atomic mass is 10.1. The smallest absolute Gasteiger partial charge is 0.262 e. The zero-order valence-corrected chi connectivity index (χ0v) is 19.2. The predicted molar refractivity (Wildman–Crippen MR) is 124 cm³/mol. The van der Waals surface area contributed by atoms with E-state index in [0.717, 1.165) is 33.6 Å². The van der Waals surface area contributed by atoms with Gasteiger partial charge in [0.15, 0.2) is 11.6 Å². The van der Waals surface area contributed by atoms with E-state index in [1.807, 2.05) is 25.1 Å². The first-order chi connectivity index (χ1) is 15.8. The van der Waals surface area contributed by atoms with Crippen LogP contribution in [0.4, 0.5) is 8.78 Å². The average Bonchev–Trinajstić information content (AvgIpc) is 3.36. The molecule has 2 N–H and O–H groups in total. The van der Waals surface area contributed by atoms with Crippen LogP contribution in [0.1, 0.15) is 32.5 Å². The molecule has 0 aliphatic heterocycles. The fraction of sp³-hybridized carbons (Fsp3) is 0.174. The predicted octanol–water partition coefficient (Wildman–Crippen LogP) is 4.60. The number of hydrogen-bond acceptors (Lipinski definition) is 4. The summed E-state index contributed by atoms with van der Waals surface area (Å²) in [7, 11) is 1.40. The molecule has 6 nitrogen and oxygen atoms in total. The van der Waals surface area contributed by atoms with Crippen LogP contribution in [-0.4, -0.2) is 28.6 Å². The molecule has 1 atom stereocenters. The second-order valence-corrected chi connectivity index (χ2v) is 8.80. The van der Waals surface area contributed by atoms with Gasteiger partial charge in [-0.3, -0.25) is 14.3 Å². The molecule has 1 unspecified atom stereocenters. The molecular formula is C23H19ClF2N4O2S. The standard InChI is InChI=1S/C23H19ClF2N4O2S/c1-12-15-10-19(33-23(15)30(29-12)11-14-5-3-4-6-16(14)24)21(31)28-20(22(32)27-2)13-7-8-17(25)18(26)9-13/h3-10,20H,11H2,1-2H3,(H,27,32)(H,28,31). The fourth-order valence-electron chi connectivity index (χ4n) is 3.46. The van der Waals surface area contributed by atoms with Crippen LogP contribution < -0.4 is 10.6 Å². The van der Waals surface area contributed by atoms with Crippen molar-refractivity contribution in [2.24, 2.45) is 0 Å². The molecule has 170 valence electrons. The number of nitrogens with one attached hydrogen (secondary N) is 2. The maximum atomic E-state index is 13.7. The second kappa shape index (κ2) is 9.29. The first-order valence-electron chi connectivity index (χ1n) is 9.96. The van der Waals surface area contributed by atoms with Crippen molar-refractivity contribution < 1.29 is 18.4 Å². The molecule has 0 radical (unpaired) electrons. The third-order valence-electron chi connectivity index (χ3n) is 5.17. The highest BCUT2D eigenvalue weighted by atomic mass is 35.5. The van der Waals surface area contributed by atoms with Gasteiger partial charge < -0.3 is 10.6 Å². The minimum atomic E-state index is -1.19. The van der Waals surface area contributed by atoms with E-state index in [0.29, 0.717) is 16.4 Å². The Hall–Kier alpha value is -3.30. The molecule has 2 amide bonds. The number of aromatic nitrogens is 2. The molecule has 0 saturated carbocycles. The van der Waals surface area contributed by atoms with E-state index in [2.05, 4.69) is 15.7 Å². The van der Waals surface area contributed by atoms with Crippen molar-refractivity contribution in [3.05, 3.63) is 86.9 Å². The summed E-state index contributed by atoms with van der Waals surface area (Å²) in [4.78, 5) is 26.5. The van der Waals surface area contributed by atoms with E-state index in [-0.39, 0.29) is 5.56 Å². The van der Waals surface area contributed by atoms with Gasteiger partial charge in [0.05, 0.1) is 17.1 Å². The third-order valence-corrected chi connectivity index (χ3v) is 6.69. The molecular weight excluding hydrogens is 470 g/mol. The normalized spacial score (nSPS) is 12.0. The third kappa shape index (κ3) is 4.60. The van der Waals surface area contributed by atoms with Gasteiger partial charge in [0.2, 0.25) is 5.91 Å². The van der Waals surface area contributed by atoms with Crippen LogP contribution in [0.2, 0.25) is 5.02 Å². The van der Waals surface area contributed by atoms with E-state index < -0.39 is 29.5 Å². The Bertz CT molecular complexity index is 1370. The Morgan fingerprint density at radius 3 is 2.61 bits per heavy atom. The monoisotopic (exact) mass is 488 g/mol. The number of halogens is 3. The van der Waals surface area contributed by atoms with Gasteiger partial charge in [-0.05, 0) is 42.3 Å². The van der Waals surface area contributed by atoms with Crippen molar-refractivity contribution in [3.63, 3.8) is 0 Å². The molecule has 0 spiro atoms. The molecule has 0 fully saturated rings. The summed E-state index contributed by atoms with van der Waals surface area (Å²) in [6, 6.07) is 11.0. The number of thiophene rings is 1. The zero-order chi connectivity index (χ0) is 23.7. The van der Waals surface area contributed by atoms with Crippen LogP contribution in [0.3, 0.4) is 0 Å². The molecule has 4 aromatic rings. The highest BCUT2D eigenvalue weighted by molar-refractivity contribution is 7.20. The molecule has 0 saturated heterocycles. The SMILES string of the molecule is CNC(=O)C(NC(=O)c1cc2c(C)nn(Cc3ccccc3Cl)c2s1)c1ccc(F)c(F)c1. The summed E-state index contributed by atoms with van der Waals surface area (Å²) in [5.41, 5.74) is 1.76. The number of carbonyl (C=O) groups is 2. The van der Waals surface area contributed by atoms with Crippen LogP contribution in [0, 0.1) is 18.6 Å². The van der Waals surface area contributed by atoms with Crippen LogP contribution in [0.15, 0.2) is 48.5 Å². The number of nitrogens with zero attached hydrogens (tertiary/aromatic N) is 2. The number of aryl methyl sites for hydroxylation is 1. The van der Waals surface area contributed by atoms with E-state index in [4.69, 9.17) is 11.6 Å². The van der Waals surface area contributed by atoms with Crippen molar-refractivity contribution in [1.29, 1.82) is 0 Å². The maximum absolute atomic E-state index is 13.7. The lowest BCUT2D eigenvalue weighted by molar-refractivity contribution is -0.122. The van der Waals surface area contributed by atoms with Crippen LogP contribution in [0.25, 0.3) is 10.2 Å². The minimum absolute atomic E-state index is 0.129.